The van der Waals surface area contributed by atoms with Gasteiger partial charge in [0.15, 0.2) is 0 Å². The second kappa shape index (κ2) is 6.60. The van der Waals surface area contributed by atoms with Gasteiger partial charge in [-0.2, -0.15) is 0 Å². The molecule has 0 spiro atoms. The maximum absolute atomic E-state index is 10.5. The first-order valence-corrected chi connectivity index (χ1v) is 13.0. The summed E-state index contributed by atoms with van der Waals surface area (Å²) >= 11 is 0. The van der Waals surface area contributed by atoms with Gasteiger partial charge in [-0.25, -0.2) is 0 Å². The molecule has 5 rings (SSSR count). The molecule has 0 saturated heterocycles. The van der Waals surface area contributed by atoms with Crippen molar-refractivity contribution in [1.82, 2.24) is 0 Å². The van der Waals surface area contributed by atoms with Crippen LogP contribution in [0.1, 0.15) is 98.8 Å². The van der Waals surface area contributed by atoms with E-state index < -0.39 is 0 Å². The molecule has 0 heterocycles. The molecule has 0 aromatic heterocycles. The third-order valence-electron chi connectivity index (χ3n) is 12.4. The molecule has 1 N–H and O–H groups in total. The van der Waals surface area contributed by atoms with Crippen molar-refractivity contribution in [2.24, 2.45) is 57.7 Å². The van der Waals surface area contributed by atoms with Crippen LogP contribution in [0.25, 0.3) is 0 Å². The van der Waals surface area contributed by atoms with E-state index in [1.165, 1.54) is 63.4 Å². The van der Waals surface area contributed by atoms with E-state index in [2.05, 4.69) is 41.2 Å². The first kappa shape index (κ1) is 20.6. The van der Waals surface area contributed by atoms with Crippen LogP contribution in [0.5, 0.6) is 0 Å². The quantitative estimate of drug-likeness (QED) is 0.461. The Kier molecular flexibility index (Phi) is 4.69. The van der Waals surface area contributed by atoms with Crippen LogP contribution in [0, 0.1) is 57.7 Å². The van der Waals surface area contributed by atoms with E-state index >= 15 is 0 Å². The van der Waals surface area contributed by atoms with Crippen molar-refractivity contribution in [2.75, 3.05) is 0 Å². The standard InChI is InChI=1S/C28H46O/c1-17(2)19-11-13-26(4)15-16-28(6)23(25(19)26)9-8-22-21-7-10-24(29)18(3)20(21)12-14-27(22,28)5/h18-25,29H,1,7-16H2,2-6H3/t18-,19-,20-,21?,22+,23?,24-,25+,26+,27+,28+/m0/s1. The number of rotatable bonds is 1. The average Bonchev–Trinajstić information content (AvgIpc) is 3.03. The van der Waals surface area contributed by atoms with Crippen LogP contribution in [0.15, 0.2) is 12.2 Å². The van der Waals surface area contributed by atoms with Gasteiger partial charge in [0, 0.05) is 0 Å². The summed E-state index contributed by atoms with van der Waals surface area (Å²) in [7, 11) is 0. The minimum atomic E-state index is -0.0438. The van der Waals surface area contributed by atoms with E-state index in [1.54, 1.807) is 0 Å². The topological polar surface area (TPSA) is 20.2 Å². The van der Waals surface area contributed by atoms with Crippen molar-refractivity contribution in [3.8, 4) is 0 Å². The summed E-state index contributed by atoms with van der Waals surface area (Å²) in [5.74, 6) is 5.61. The third kappa shape index (κ3) is 2.61. The molecular weight excluding hydrogens is 352 g/mol. The first-order valence-electron chi connectivity index (χ1n) is 13.0. The minimum Gasteiger partial charge on any atom is -0.393 e. The SMILES string of the molecule is C=C(C)[C@@H]1CC[C@]2(C)CC[C@]3(C)C(CC[C@@H]4C5CC[C@H](O)[C@@H](C)[C@@H]5CC[C@]43C)[C@@H]12. The Morgan fingerprint density at radius 2 is 1.48 bits per heavy atom. The molecule has 5 aliphatic rings. The maximum atomic E-state index is 10.5. The molecule has 2 unspecified atom stereocenters. The molecule has 11 atom stereocenters. The lowest BCUT2D eigenvalue weighted by Gasteiger charge is -2.69. The zero-order chi connectivity index (χ0) is 20.8. The largest absolute Gasteiger partial charge is 0.393 e. The van der Waals surface area contributed by atoms with Crippen LogP contribution < -0.4 is 0 Å². The molecular formula is C28H46O. The number of fused-ring (bicyclic) bond motifs is 7. The second-order valence-electron chi connectivity index (χ2n) is 13.2. The van der Waals surface area contributed by atoms with Gasteiger partial charge in [0.05, 0.1) is 6.10 Å². The van der Waals surface area contributed by atoms with Gasteiger partial charge in [0.25, 0.3) is 0 Å². The van der Waals surface area contributed by atoms with Crippen molar-refractivity contribution in [3.63, 3.8) is 0 Å². The first-order chi connectivity index (χ1) is 13.6. The van der Waals surface area contributed by atoms with Crippen molar-refractivity contribution >= 4 is 0 Å². The highest BCUT2D eigenvalue weighted by atomic mass is 16.3. The molecule has 1 heteroatoms. The Labute approximate surface area is 180 Å². The van der Waals surface area contributed by atoms with E-state index in [4.69, 9.17) is 0 Å². The van der Waals surface area contributed by atoms with Gasteiger partial charge in [0.1, 0.15) is 0 Å². The zero-order valence-corrected chi connectivity index (χ0v) is 19.8. The molecule has 5 fully saturated rings. The van der Waals surface area contributed by atoms with Gasteiger partial charge in [-0.05, 0) is 129 Å². The molecule has 0 amide bonds. The molecule has 5 aliphatic carbocycles. The van der Waals surface area contributed by atoms with E-state index in [9.17, 15) is 5.11 Å². The molecule has 0 aromatic carbocycles. The molecule has 0 bridgehead atoms. The number of allylic oxidation sites excluding steroid dienone is 1. The Balaban J connectivity index is 1.50. The second-order valence-corrected chi connectivity index (χ2v) is 13.2. The Hall–Kier alpha value is -0.300. The van der Waals surface area contributed by atoms with Crippen LogP contribution in [-0.4, -0.2) is 11.2 Å². The van der Waals surface area contributed by atoms with Crippen LogP contribution >= 0.6 is 0 Å². The Bertz CT molecular complexity index is 682. The summed E-state index contributed by atoms with van der Waals surface area (Å²) in [6, 6.07) is 0. The van der Waals surface area contributed by atoms with E-state index in [0.29, 0.717) is 22.2 Å². The fourth-order valence-electron chi connectivity index (χ4n) is 10.5. The fraction of sp³-hybridized carbons (Fsp3) is 0.929. The summed E-state index contributed by atoms with van der Waals surface area (Å²) in [6.45, 7) is 17.2. The lowest BCUT2D eigenvalue weighted by atomic mass is 9.35. The van der Waals surface area contributed by atoms with Gasteiger partial charge in [0.2, 0.25) is 0 Å². The van der Waals surface area contributed by atoms with Crippen LogP contribution in [0.4, 0.5) is 0 Å². The van der Waals surface area contributed by atoms with Gasteiger partial charge in [-0.3, -0.25) is 0 Å². The summed E-state index contributed by atoms with van der Waals surface area (Å²) in [5.41, 5.74) is 3.04. The fourth-order valence-corrected chi connectivity index (χ4v) is 10.5. The zero-order valence-electron chi connectivity index (χ0n) is 19.8. The van der Waals surface area contributed by atoms with Crippen molar-refractivity contribution in [2.45, 2.75) is 105 Å². The molecule has 1 nitrogen and oxygen atoms in total. The summed E-state index contributed by atoms with van der Waals surface area (Å²) in [5, 5.41) is 10.5. The molecule has 0 aromatic rings. The Morgan fingerprint density at radius 1 is 0.793 bits per heavy atom. The summed E-state index contributed by atoms with van der Waals surface area (Å²) < 4.78 is 0. The number of hydrogen-bond acceptors (Lipinski definition) is 1. The van der Waals surface area contributed by atoms with Gasteiger partial charge < -0.3 is 5.11 Å². The van der Waals surface area contributed by atoms with Crippen LogP contribution in [-0.2, 0) is 0 Å². The molecule has 0 radical (unpaired) electrons. The molecule has 0 aliphatic heterocycles. The van der Waals surface area contributed by atoms with Gasteiger partial charge in [-0.1, -0.05) is 39.8 Å². The average molecular weight is 399 g/mol. The molecule has 164 valence electrons. The van der Waals surface area contributed by atoms with Gasteiger partial charge in [-0.15, -0.1) is 0 Å². The Morgan fingerprint density at radius 3 is 2.21 bits per heavy atom. The number of aliphatic hydroxyl groups is 1. The number of hydrogen-bond donors (Lipinski definition) is 1. The number of aliphatic hydroxyl groups excluding tert-OH is 1. The lowest BCUT2D eigenvalue weighted by molar-refractivity contribution is -0.207. The summed E-state index contributed by atoms with van der Waals surface area (Å²) in [4.78, 5) is 0. The van der Waals surface area contributed by atoms with Crippen molar-refractivity contribution in [1.29, 1.82) is 0 Å². The highest BCUT2D eigenvalue weighted by Gasteiger charge is 2.67. The molecule has 29 heavy (non-hydrogen) atoms. The third-order valence-corrected chi connectivity index (χ3v) is 12.4. The minimum absolute atomic E-state index is 0.0438. The summed E-state index contributed by atoms with van der Waals surface area (Å²) in [6.07, 6.45) is 13.7. The van der Waals surface area contributed by atoms with E-state index in [-0.39, 0.29) is 6.10 Å². The predicted molar refractivity (Wildman–Crippen MR) is 121 cm³/mol. The van der Waals surface area contributed by atoms with Crippen LogP contribution in [0.3, 0.4) is 0 Å². The highest BCUT2D eigenvalue weighted by molar-refractivity contribution is 5.19. The van der Waals surface area contributed by atoms with E-state index in [1.807, 2.05) is 0 Å². The normalized spacial score (nSPS) is 59.2. The van der Waals surface area contributed by atoms with E-state index in [0.717, 1.165) is 41.9 Å². The predicted octanol–water partition coefficient (Wildman–Crippen LogP) is 7.24. The maximum Gasteiger partial charge on any atom is 0.0568 e. The lowest BCUT2D eigenvalue weighted by Crippen LogP contribution is -2.62. The smallest absolute Gasteiger partial charge is 0.0568 e. The monoisotopic (exact) mass is 398 g/mol. The van der Waals surface area contributed by atoms with Crippen LogP contribution in [0.2, 0.25) is 0 Å². The molecule has 5 saturated carbocycles. The van der Waals surface area contributed by atoms with Crippen molar-refractivity contribution < 1.29 is 5.11 Å². The van der Waals surface area contributed by atoms with Crippen molar-refractivity contribution in [3.05, 3.63) is 12.2 Å². The highest BCUT2D eigenvalue weighted by Crippen LogP contribution is 2.74. The van der Waals surface area contributed by atoms with Gasteiger partial charge >= 0.3 is 0 Å².